The average Bonchev–Trinajstić information content (AvgIpc) is 2.87. The molecule has 4 heterocycles. The molecule has 3 nitrogen and oxygen atoms in total. The van der Waals surface area contributed by atoms with Crippen LogP contribution in [-0.4, -0.2) is 23.3 Å². The summed E-state index contributed by atoms with van der Waals surface area (Å²) in [5.41, 5.74) is 3.70. The molecule has 92 valence electrons. The lowest BCUT2D eigenvalue weighted by atomic mass is 9.86. The molecule has 1 N–H and O–H groups in total. The summed E-state index contributed by atoms with van der Waals surface area (Å²) in [6.45, 7) is 2.14. The Morgan fingerprint density at radius 2 is 2.00 bits per heavy atom. The van der Waals surface area contributed by atoms with Crippen molar-refractivity contribution in [1.82, 2.24) is 10.2 Å². The molecule has 5 rings (SSSR count). The Hall–Kier alpha value is -1.84. The molecule has 0 unspecified atom stereocenters. The molecule has 4 heteroatoms. The van der Waals surface area contributed by atoms with Crippen molar-refractivity contribution in [2.75, 3.05) is 18.0 Å². The number of piperidine rings is 1. The molecule has 1 fully saturated rings. The summed E-state index contributed by atoms with van der Waals surface area (Å²) in [7, 11) is 0. The van der Waals surface area contributed by atoms with Gasteiger partial charge in [-0.3, -0.25) is 5.10 Å². The Morgan fingerprint density at radius 3 is 2.78 bits per heavy atom. The second-order valence-corrected chi connectivity index (χ2v) is 5.08. The molecule has 3 aliphatic rings. The van der Waals surface area contributed by atoms with E-state index >= 15 is 0 Å². The highest BCUT2D eigenvalue weighted by Crippen LogP contribution is 2.45. The lowest BCUT2D eigenvalue weighted by Gasteiger charge is -2.40. The molecule has 1 saturated heterocycles. The van der Waals surface area contributed by atoms with Gasteiger partial charge in [0.15, 0.2) is 0 Å². The Kier molecular flexibility index (Phi) is 2.01. The van der Waals surface area contributed by atoms with Gasteiger partial charge in [0.25, 0.3) is 0 Å². The summed E-state index contributed by atoms with van der Waals surface area (Å²) in [5, 5.41) is 7.49. The van der Waals surface area contributed by atoms with Crippen LogP contribution < -0.4 is 4.90 Å². The molecule has 0 amide bonds. The first-order valence-electron chi connectivity index (χ1n) is 6.42. The van der Waals surface area contributed by atoms with Crippen molar-refractivity contribution in [2.24, 2.45) is 0 Å². The molecule has 2 aromatic rings. The Labute approximate surface area is 105 Å². The van der Waals surface area contributed by atoms with Crippen LogP contribution in [0.3, 0.4) is 0 Å². The van der Waals surface area contributed by atoms with Crippen LogP contribution in [0, 0.1) is 5.82 Å². The third kappa shape index (κ3) is 1.26. The van der Waals surface area contributed by atoms with Gasteiger partial charge in [0.2, 0.25) is 0 Å². The Balaban J connectivity index is 1.92. The second kappa shape index (κ2) is 3.57. The summed E-state index contributed by atoms with van der Waals surface area (Å²) < 4.78 is 13.9. The van der Waals surface area contributed by atoms with Crippen LogP contribution in [0.25, 0.3) is 11.3 Å². The minimum atomic E-state index is -0.200. The van der Waals surface area contributed by atoms with Crippen LogP contribution in [0.5, 0.6) is 0 Å². The van der Waals surface area contributed by atoms with E-state index in [-0.39, 0.29) is 5.82 Å². The molecule has 3 aliphatic heterocycles. The van der Waals surface area contributed by atoms with E-state index in [9.17, 15) is 4.39 Å². The first-order valence-corrected chi connectivity index (χ1v) is 6.42. The smallest absolute Gasteiger partial charge is 0.132 e. The maximum absolute atomic E-state index is 13.9. The van der Waals surface area contributed by atoms with Crippen molar-refractivity contribution in [2.45, 2.75) is 18.8 Å². The summed E-state index contributed by atoms with van der Waals surface area (Å²) in [4.78, 5) is 2.33. The number of fused-ring (bicyclic) bond motifs is 2. The fourth-order valence-corrected chi connectivity index (χ4v) is 3.19. The van der Waals surface area contributed by atoms with E-state index in [2.05, 4.69) is 15.1 Å². The summed E-state index contributed by atoms with van der Waals surface area (Å²) in [6.07, 6.45) is 2.37. The molecule has 1 aromatic carbocycles. The number of nitrogens with zero attached hydrogens (tertiary/aromatic N) is 2. The molecule has 18 heavy (non-hydrogen) atoms. The third-order valence-corrected chi connectivity index (χ3v) is 4.12. The van der Waals surface area contributed by atoms with E-state index in [1.807, 2.05) is 6.07 Å². The van der Waals surface area contributed by atoms with Crippen molar-refractivity contribution in [3.05, 3.63) is 35.8 Å². The first-order chi connectivity index (χ1) is 8.84. The SMILES string of the molecule is Fc1ccccc1-c1n[nH]c2c1N1CCC2CC1. The zero-order valence-electron chi connectivity index (χ0n) is 9.99. The van der Waals surface area contributed by atoms with Crippen molar-refractivity contribution >= 4 is 5.69 Å². The molecule has 0 saturated carbocycles. The number of rotatable bonds is 1. The highest BCUT2D eigenvalue weighted by Gasteiger charge is 2.35. The van der Waals surface area contributed by atoms with Gasteiger partial charge < -0.3 is 4.90 Å². The van der Waals surface area contributed by atoms with Gasteiger partial charge in [-0.1, -0.05) is 12.1 Å². The minimum absolute atomic E-state index is 0.200. The van der Waals surface area contributed by atoms with Crippen LogP contribution in [0.2, 0.25) is 0 Å². The zero-order chi connectivity index (χ0) is 12.1. The van der Waals surface area contributed by atoms with Crippen LogP contribution in [0.4, 0.5) is 10.1 Å². The molecule has 0 radical (unpaired) electrons. The number of anilines is 1. The number of nitrogens with one attached hydrogen (secondary N) is 1. The zero-order valence-corrected chi connectivity index (χ0v) is 9.99. The molecular formula is C14H14FN3. The van der Waals surface area contributed by atoms with E-state index in [4.69, 9.17) is 0 Å². The average molecular weight is 243 g/mol. The van der Waals surface area contributed by atoms with Gasteiger partial charge in [-0.2, -0.15) is 5.10 Å². The number of aromatic nitrogens is 2. The van der Waals surface area contributed by atoms with Gasteiger partial charge in [0.1, 0.15) is 11.5 Å². The summed E-state index contributed by atoms with van der Waals surface area (Å²) >= 11 is 0. The van der Waals surface area contributed by atoms with E-state index in [1.54, 1.807) is 12.1 Å². The fourth-order valence-electron chi connectivity index (χ4n) is 3.19. The van der Waals surface area contributed by atoms with E-state index in [0.717, 1.165) is 24.5 Å². The largest absolute Gasteiger partial charge is 0.368 e. The molecule has 2 bridgehead atoms. The monoisotopic (exact) mass is 243 g/mol. The maximum Gasteiger partial charge on any atom is 0.132 e. The number of benzene rings is 1. The van der Waals surface area contributed by atoms with Crippen LogP contribution >= 0.6 is 0 Å². The molecule has 0 spiro atoms. The summed E-state index contributed by atoms with van der Waals surface area (Å²) in [6, 6.07) is 6.86. The lowest BCUT2D eigenvalue weighted by Crippen LogP contribution is -2.38. The lowest BCUT2D eigenvalue weighted by molar-refractivity contribution is 0.466. The molecule has 0 atom stereocenters. The fraction of sp³-hybridized carbons (Fsp3) is 0.357. The highest BCUT2D eigenvalue weighted by molar-refractivity contribution is 5.79. The van der Waals surface area contributed by atoms with Gasteiger partial charge in [-0.25, -0.2) is 4.39 Å². The number of halogens is 1. The van der Waals surface area contributed by atoms with Crippen LogP contribution in [0.15, 0.2) is 24.3 Å². The first kappa shape index (κ1) is 10.1. The van der Waals surface area contributed by atoms with Crippen molar-refractivity contribution in [3.8, 4) is 11.3 Å². The quantitative estimate of drug-likeness (QED) is 0.835. The standard InChI is InChI=1S/C14H14FN3/c15-11-4-2-1-3-10(11)13-14-12(16-17-13)9-5-7-18(14)8-6-9/h1-4,9H,5-8H2,(H,16,17). The Morgan fingerprint density at radius 1 is 1.22 bits per heavy atom. The second-order valence-electron chi connectivity index (χ2n) is 5.08. The van der Waals surface area contributed by atoms with Gasteiger partial charge >= 0.3 is 0 Å². The van der Waals surface area contributed by atoms with Crippen molar-refractivity contribution in [1.29, 1.82) is 0 Å². The number of H-pyrrole nitrogens is 1. The molecular weight excluding hydrogens is 229 g/mol. The van der Waals surface area contributed by atoms with Gasteiger partial charge in [-0.05, 0) is 25.0 Å². The minimum Gasteiger partial charge on any atom is -0.368 e. The van der Waals surface area contributed by atoms with E-state index in [0.29, 0.717) is 11.5 Å². The van der Waals surface area contributed by atoms with Gasteiger partial charge in [0, 0.05) is 24.6 Å². The van der Waals surface area contributed by atoms with E-state index in [1.165, 1.54) is 24.6 Å². The topological polar surface area (TPSA) is 31.9 Å². The van der Waals surface area contributed by atoms with Gasteiger partial charge in [-0.15, -0.1) is 0 Å². The molecule has 0 aliphatic carbocycles. The van der Waals surface area contributed by atoms with E-state index < -0.39 is 0 Å². The predicted octanol–water partition coefficient (Wildman–Crippen LogP) is 2.91. The molecule has 1 aromatic heterocycles. The van der Waals surface area contributed by atoms with Crippen LogP contribution in [0.1, 0.15) is 24.5 Å². The highest BCUT2D eigenvalue weighted by atomic mass is 19.1. The number of hydrogen-bond donors (Lipinski definition) is 1. The Bertz CT molecular complexity index is 597. The third-order valence-electron chi connectivity index (χ3n) is 4.12. The number of aromatic amines is 1. The van der Waals surface area contributed by atoms with Crippen molar-refractivity contribution < 1.29 is 4.39 Å². The van der Waals surface area contributed by atoms with Crippen molar-refractivity contribution in [3.63, 3.8) is 0 Å². The van der Waals surface area contributed by atoms with Crippen LogP contribution in [-0.2, 0) is 0 Å². The normalized spacial score (nSPS) is 18.2. The summed E-state index contributed by atoms with van der Waals surface area (Å²) in [5.74, 6) is 0.382. The maximum atomic E-state index is 13.9. The number of hydrogen-bond acceptors (Lipinski definition) is 2. The predicted molar refractivity (Wildman–Crippen MR) is 68.2 cm³/mol. The van der Waals surface area contributed by atoms with Gasteiger partial charge in [0.05, 0.1) is 11.4 Å².